The molecule has 0 saturated carbocycles. The van der Waals surface area contributed by atoms with Gasteiger partial charge in [0.1, 0.15) is 0 Å². The molecule has 138 valence electrons. The number of hydrogen-bond donors (Lipinski definition) is 1. The van der Waals surface area contributed by atoms with Gasteiger partial charge in [0.25, 0.3) is 5.91 Å². The van der Waals surface area contributed by atoms with Gasteiger partial charge in [-0.2, -0.15) is 0 Å². The molecular formula is C19H24N4O3. The summed E-state index contributed by atoms with van der Waals surface area (Å²) < 4.78 is 5.73. The number of carbonyl (C=O) groups is 2. The minimum atomic E-state index is -0.235. The van der Waals surface area contributed by atoms with Crippen molar-refractivity contribution in [3.63, 3.8) is 0 Å². The Morgan fingerprint density at radius 2 is 1.88 bits per heavy atom. The zero-order valence-corrected chi connectivity index (χ0v) is 15.1. The molecule has 7 nitrogen and oxygen atoms in total. The summed E-state index contributed by atoms with van der Waals surface area (Å²) in [5.74, 6) is 1.42. The largest absolute Gasteiger partial charge is 0.425 e. The molecule has 7 heteroatoms. The summed E-state index contributed by atoms with van der Waals surface area (Å²) in [4.78, 5) is 26.1. The van der Waals surface area contributed by atoms with Gasteiger partial charge in [-0.3, -0.25) is 9.59 Å². The van der Waals surface area contributed by atoms with Crippen molar-refractivity contribution in [3.8, 4) is 0 Å². The molecule has 26 heavy (non-hydrogen) atoms. The van der Waals surface area contributed by atoms with Crippen molar-refractivity contribution in [1.29, 1.82) is 0 Å². The maximum absolute atomic E-state index is 12.3. The summed E-state index contributed by atoms with van der Waals surface area (Å²) in [5.41, 5.74) is 0.552. The van der Waals surface area contributed by atoms with Crippen LogP contribution in [0.15, 0.2) is 34.7 Å². The van der Waals surface area contributed by atoms with E-state index in [2.05, 4.69) is 15.5 Å². The highest BCUT2D eigenvalue weighted by Crippen LogP contribution is 2.28. The number of carbonyl (C=O) groups excluding carboxylic acids is 2. The Hall–Kier alpha value is -2.70. The van der Waals surface area contributed by atoms with Gasteiger partial charge in [-0.25, -0.2) is 0 Å². The Bertz CT molecular complexity index is 749. The summed E-state index contributed by atoms with van der Waals surface area (Å²) in [6.45, 7) is 5.30. The highest BCUT2D eigenvalue weighted by molar-refractivity contribution is 5.96. The molecule has 1 saturated heterocycles. The van der Waals surface area contributed by atoms with Crippen molar-refractivity contribution >= 4 is 11.8 Å². The number of hydrogen-bond acceptors (Lipinski definition) is 5. The minimum Gasteiger partial charge on any atom is -0.425 e. The lowest BCUT2D eigenvalue weighted by Crippen LogP contribution is -2.43. The van der Waals surface area contributed by atoms with E-state index >= 15 is 0 Å². The van der Waals surface area contributed by atoms with Crippen molar-refractivity contribution < 1.29 is 14.0 Å². The molecule has 0 atom stereocenters. The molecule has 1 aromatic heterocycles. The Morgan fingerprint density at radius 3 is 2.50 bits per heavy atom. The number of nitrogens with one attached hydrogen (secondary N) is 1. The van der Waals surface area contributed by atoms with Crippen LogP contribution in [0.25, 0.3) is 0 Å². The predicted molar refractivity (Wildman–Crippen MR) is 95.7 cm³/mol. The van der Waals surface area contributed by atoms with Gasteiger partial charge in [0.2, 0.25) is 17.7 Å². The molecule has 3 rings (SSSR count). The number of piperidine rings is 1. The first-order chi connectivity index (χ1) is 12.5. The fraction of sp³-hybridized carbons (Fsp3) is 0.474. The second kappa shape index (κ2) is 8.12. The second-order valence-corrected chi connectivity index (χ2v) is 6.84. The van der Waals surface area contributed by atoms with Gasteiger partial charge in [-0.1, -0.05) is 32.0 Å². The number of benzene rings is 1. The molecule has 1 fully saturated rings. The van der Waals surface area contributed by atoms with Crippen LogP contribution in [0.4, 0.5) is 0 Å². The van der Waals surface area contributed by atoms with E-state index < -0.39 is 0 Å². The van der Waals surface area contributed by atoms with E-state index in [0.29, 0.717) is 30.4 Å². The van der Waals surface area contributed by atoms with Gasteiger partial charge in [0.05, 0.1) is 6.54 Å². The molecule has 1 aliphatic rings. The van der Waals surface area contributed by atoms with E-state index in [0.717, 1.165) is 12.8 Å². The van der Waals surface area contributed by atoms with Gasteiger partial charge >= 0.3 is 0 Å². The summed E-state index contributed by atoms with van der Waals surface area (Å²) in [6.07, 6.45) is 1.58. The molecule has 1 N–H and O–H groups in total. The average molecular weight is 356 g/mol. The third kappa shape index (κ3) is 4.28. The number of aromatic nitrogens is 2. The van der Waals surface area contributed by atoms with Crippen molar-refractivity contribution in [3.05, 3.63) is 47.7 Å². The first kappa shape index (κ1) is 18.1. The SMILES string of the molecule is CC(C)c1nnc(C2CCN(C(=O)CNC(=O)c3ccccc3)CC2)o1. The van der Waals surface area contributed by atoms with Crippen LogP contribution in [0.3, 0.4) is 0 Å². The predicted octanol–water partition coefficient (Wildman–Crippen LogP) is 2.33. The monoisotopic (exact) mass is 356 g/mol. The van der Waals surface area contributed by atoms with Crippen molar-refractivity contribution in [1.82, 2.24) is 20.4 Å². The Balaban J connectivity index is 1.46. The van der Waals surface area contributed by atoms with Gasteiger partial charge in [-0.15, -0.1) is 10.2 Å². The zero-order valence-electron chi connectivity index (χ0n) is 15.1. The minimum absolute atomic E-state index is 0.0104. The second-order valence-electron chi connectivity index (χ2n) is 6.84. The van der Waals surface area contributed by atoms with E-state index in [9.17, 15) is 9.59 Å². The lowest BCUT2D eigenvalue weighted by atomic mass is 9.97. The molecule has 0 aliphatic carbocycles. The quantitative estimate of drug-likeness (QED) is 0.888. The topological polar surface area (TPSA) is 88.3 Å². The molecule has 0 bridgehead atoms. The Labute approximate surface area is 152 Å². The van der Waals surface area contributed by atoms with E-state index in [1.807, 2.05) is 19.9 Å². The van der Waals surface area contributed by atoms with Crippen LogP contribution < -0.4 is 5.32 Å². The van der Waals surface area contributed by atoms with Crippen LogP contribution in [-0.2, 0) is 4.79 Å². The average Bonchev–Trinajstić information content (AvgIpc) is 3.17. The Morgan fingerprint density at radius 1 is 1.19 bits per heavy atom. The molecule has 1 aliphatic heterocycles. The van der Waals surface area contributed by atoms with Crippen LogP contribution >= 0.6 is 0 Å². The number of nitrogens with zero attached hydrogens (tertiary/aromatic N) is 3. The fourth-order valence-corrected chi connectivity index (χ4v) is 2.98. The highest BCUT2D eigenvalue weighted by atomic mass is 16.4. The highest BCUT2D eigenvalue weighted by Gasteiger charge is 2.27. The summed E-state index contributed by atoms with van der Waals surface area (Å²) in [7, 11) is 0. The van der Waals surface area contributed by atoms with Crippen LogP contribution in [-0.4, -0.2) is 46.5 Å². The molecule has 2 heterocycles. The molecule has 2 amide bonds. The van der Waals surface area contributed by atoms with E-state index in [1.54, 1.807) is 29.2 Å². The summed E-state index contributed by atoms with van der Waals surface area (Å²) in [5, 5.41) is 10.9. The number of amides is 2. The molecule has 2 aromatic rings. The fourth-order valence-electron chi connectivity index (χ4n) is 2.98. The molecule has 0 radical (unpaired) electrons. The maximum Gasteiger partial charge on any atom is 0.251 e. The van der Waals surface area contributed by atoms with Crippen molar-refractivity contribution in [2.24, 2.45) is 0 Å². The van der Waals surface area contributed by atoms with Gasteiger partial charge in [0, 0.05) is 30.5 Å². The van der Waals surface area contributed by atoms with Crippen LogP contribution in [0, 0.1) is 0 Å². The smallest absolute Gasteiger partial charge is 0.251 e. The van der Waals surface area contributed by atoms with Crippen molar-refractivity contribution in [2.75, 3.05) is 19.6 Å². The van der Waals surface area contributed by atoms with Crippen molar-refractivity contribution in [2.45, 2.75) is 38.5 Å². The van der Waals surface area contributed by atoms with E-state index in [4.69, 9.17) is 4.42 Å². The maximum atomic E-state index is 12.3. The third-order valence-electron chi connectivity index (χ3n) is 4.58. The lowest BCUT2D eigenvalue weighted by molar-refractivity contribution is -0.131. The number of rotatable bonds is 5. The van der Waals surface area contributed by atoms with E-state index in [1.165, 1.54) is 0 Å². The van der Waals surface area contributed by atoms with Gasteiger partial charge in [0.15, 0.2) is 0 Å². The number of likely N-dealkylation sites (tertiary alicyclic amines) is 1. The lowest BCUT2D eigenvalue weighted by Gasteiger charge is -2.30. The van der Waals surface area contributed by atoms with Gasteiger partial charge in [-0.05, 0) is 25.0 Å². The van der Waals surface area contributed by atoms with Crippen LogP contribution in [0.2, 0.25) is 0 Å². The molecule has 1 aromatic carbocycles. The summed E-state index contributed by atoms with van der Waals surface area (Å²) in [6, 6.07) is 8.88. The van der Waals surface area contributed by atoms with Crippen LogP contribution in [0.5, 0.6) is 0 Å². The van der Waals surface area contributed by atoms with Gasteiger partial charge < -0.3 is 14.6 Å². The molecule has 0 spiro atoms. The zero-order chi connectivity index (χ0) is 18.5. The first-order valence-corrected chi connectivity index (χ1v) is 8.99. The standard InChI is InChI=1S/C19H24N4O3/c1-13(2)18-21-22-19(26-18)15-8-10-23(11-9-15)16(24)12-20-17(25)14-6-4-3-5-7-14/h3-7,13,15H,8-12H2,1-2H3,(H,20,25). The third-order valence-corrected chi connectivity index (χ3v) is 4.58. The molecule has 0 unspecified atom stereocenters. The van der Waals surface area contributed by atoms with Crippen LogP contribution in [0.1, 0.15) is 60.7 Å². The van der Waals surface area contributed by atoms with E-state index in [-0.39, 0.29) is 30.2 Å². The summed E-state index contributed by atoms with van der Waals surface area (Å²) >= 11 is 0. The molecular weight excluding hydrogens is 332 g/mol. The Kier molecular flexibility index (Phi) is 5.65. The first-order valence-electron chi connectivity index (χ1n) is 8.99. The normalized spacial score (nSPS) is 15.3.